The van der Waals surface area contributed by atoms with Gasteiger partial charge in [0.15, 0.2) is 9.84 Å². The van der Waals surface area contributed by atoms with Crippen LogP contribution in [-0.4, -0.2) is 44.7 Å². The van der Waals surface area contributed by atoms with Crippen molar-refractivity contribution in [3.05, 3.63) is 29.8 Å². The standard InChI is InChI=1S/C13H17NO4S2/c1-2-10-5-3-4-6-13(10)20(17,18)14-8-12-7-11(14)9-19(12,15)16/h3-6,11-12H,2,7-9H2,1H3/t11-,12+/m0/s1. The van der Waals surface area contributed by atoms with Crippen LogP contribution >= 0.6 is 0 Å². The molecular formula is C13H17NO4S2. The maximum absolute atomic E-state index is 12.7. The largest absolute Gasteiger partial charge is 0.243 e. The number of nitrogens with zero attached hydrogens (tertiary/aromatic N) is 1. The van der Waals surface area contributed by atoms with Crippen molar-refractivity contribution in [1.29, 1.82) is 0 Å². The molecule has 7 heteroatoms. The number of hydrogen-bond donors (Lipinski definition) is 0. The zero-order chi connectivity index (χ0) is 14.5. The molecule has 0 unspecified atom stereocenters. The van der Waals surface area contributed by atoms with Crippen molar-refractivity contribution < 1.29 is 16.8 Å². The maximum Gasteiger partial charge on any atom is 0.243 e. The van der Waals surface area contributed by atoms with Gasteiger partial charge in [0, 0.05) is 12.6 Å². The van der Waals surface area contributed by atoms with Crippen LogP contribution in [0.2, 0.25) is 0 Å². The molecule has 3 rings (SSSR count). The van der Waals surface area contributed by atoms with E-state index < -0.39 is 25.1 Å². The van der Waals surface area contributed by atoms with Crippen molar-refractivity contribution in [2.24, 2.45) is 0 Å². The van der Waals surface area contributed by atoms with Gasteiger partial charge in [-0.3, -0.25) is 0 Å². The smallest absolute Gasteiger partial charge is 0.228 e. The second kappa shape index (κ2) is 4.54. The third-order valence-corrected chi connectivity index (χ3v) is 8.42. The minimum absolute atomic E-state index is 0.0365. The van der Waals surface area contributed by atoms with Gasteiger partial charge in [-0.1, -0.05) is 25.1 Å². The second-order valence-electron chi connectivity index (χ2n) is 5.38. The van der Waals surface area contributed by atoms with E-state index in [1.54, 1.807) is 18.2 Å². The van der Waals surface area contributed by atoms with Crippen LogP contribution in [0, 0.1) is 0 Å². The molecule has 0 amide bonds. The Hall–Kier alpha value is -0.920. The number of aryl methyl sites for hydroxylation is 1. The molecular weight excluding hydrogens is 298 g/mol. The molecule has 20 heavy (non-hydrogen) atoms. The van der Waals surface area contributed by atoms with Crippen LogP contribution < -0.4 is 0 Å². The van der Waals surface area contributed by atoms with Crippen LogP contribution in [0.25, 0.3) is 0 Å². The van der Waals surface area contributed by atoms with Crippen molar-refractivity contribution in [2.75, 3.05) is 12.3 Å². The lowest BCUT2D eigenvalue weighted by Gasteiger charge is -2.26. The van der Waals surface area contributed by atoms with Crippen LogP contribution in [0.5, 0.6) is 0 Å². The Bertz CT molecular complexity index is 739. The third kappa shape index (κ3) is 1.99. The zero-order valence-electron chi connectivity index (χ0n) is 11.2. The molecule has 2 heterocycles. The van der Waals surface area contributed by atoms with Crippen molar-refractivity contribution >= 4 is 19.9 Å². The molecule has 0 spiro atoms. The van der Waals surface area contributed by atoms with E-state index >= 15 is 0 Å². The van der Waals surface area contributed by atoms with Crippen LogP contribution in [-0.2, 0) is 26.3 Å². The van der Waals surface area contributed by atoms with Crippen LogP contribution in [0.4, 0.5) is 0 Å². The summed E-state index contributed by atoms with van der Waals surface area (Å²) in [5.74, 6) is -0.0365. The van der Waals surface area contributed by atoms with E-state index in [9.17, 15) is 16.8 Å². The molecule has 0 radical (unpaired) electrons. The molecule has 110 valence electrons. The van der Waals surface area contributed by atoms with Crippen molar-refractivity contribution in [3.63, 3.8) is 0 Å². The van der Waals surface area contributed by atoms with Gasteiger partial charge in [0.25, 0.3) is 0 Å². The van der Waals surface area contributed by atoms with E-state index in [-0.39, 0.29) is 18.3 Å². The topological polar surface area (TPSA) is 71.5 Å². The van der Waals surface area contributed by atoms with Gasteiger partial charge in [0.05, 0.1) is 15.9 Å². The summed E-state index contributed by atoms with van der Waals surface area (Å²) >= 11 is 0. The Morgan fingerprint density at radius 1 is 1.30 bits per heavy atom. The Morgan fingerprint density at radius 3 is 2.55 bits per heavy atom. The molecule has 2 fully saturated rings. The van der Waals surface area contributed by atoms with E-state index in [2.05, 4.69) is 0 Å². The van der Waals surface area contributed by atoms with Crippen molar-refractivity contribution in [2.45, 2.75) is 36.0 Å². The summed E-state index contributed by atoms with van der Waals surface area (Å²) in [5, 5.41) is -0.518. The van der Waals surface area contributed by atoms with Gasteiger partial charge < -0.3 is 0 Å². The molecule has 0 saturated carbocycles. The molecule has 0 N–H and O–H groups in total. The molecule has 1 aromatic carbocycles. The lowest BCUT2D eigenvalue weighted by atomic mass is 10.2. The Kier molecular flexibility index (Phi) is 3.19. The lowest BCUT2D eigenvalue weighted by molar-refractivity contribution is 0.402. The van der Waals surface area contributed by atoms with Gasteiger partial charge in [-0.2, -0.15) is 4.31 Å². The maximum atomic E-state index is 12.7. The van der Waals surface area contributed by atoms with Gasteiger partial charge >= 0.3 is 0 Å². The normalized spacial score (nSPS) is 28.9. The molecule has 1 aromatic rings. The molecule has 5 nitrogen and oxygen atoms in total. The fourth-order valence-electron chi connectivity index (χ4n) is 3.13. The van der Waals surface area contributed by atoms with Crippen LogP contribution in [0.3, 0.4) is 0 Å². The van der Waals surface area contributed by atoms with E-state index in [1.165, 1.54) is 4.31 Å². The molecule has 2 saturated heterocycles. The molecule has 0 aliphatic carbocycles. The summed E-state index contributed by atoms with van der Waals surface area (Å²) in [5.41, 5.74) is 0.776. The highest BCUT2D eigenvalue weighted by Crippen LogP contribution is 2.37. The average Bonchev–Trinajstić information content (AvgIpc) is 2.94. The highest BCUT2D eigenvalue weighted by atomic mass is 32.2. The van der Waals surface area contributed by atoms with Gasteiger partial charge in [-0.25, -0.2) is 16.8 Å². The molecule has 2 bridgehead atoms. The van der Waals surface area contributed by atoms with E-state index in [0.717, 1.165) is 5.56 Å². The number of sulfone groups is 1. The third-order valence-electron chi connectivity index (χ3n) is 4.20. The quantitative estimate of drug-likeness (QED) is 0.827. The molecule has 2 atom stereocenters. The average molecular weight is 315 g/mol. The van der Waals surface area contributed by atoms with E-state index in [0.29, 0.717) is 17.7 Å². The summed E-state index contributed by atoms with van der Waals surface area (Å²) in [6.07, 6.45) is 1.07. The molecule has 2 aliphatic rings. The summed E-state index contributed by atoms with van der Waals surface area (Å²) in [6, 6.07) is 6.54. The highest BCUT2D eigenvalue weighted by molar-refractivity contribution is 7.93. The Morgan fingerprint density at radius 2 is 2.00 bits per heavy atom. The monoisotopic (exact) mass is 315 g/mol. The number of sulfonamides is 1. The van der Waals surface area contributed by atoms with Gasteiger partial charge in [-0.05, 0) is 24.5 Å². The number of hydrogen-bond acceptors (Lipinski definition) is 4. The molecule has 0 aromatic heterocycles. The fourth-order valence-corrected chi connectivity index (χ4v) is 7.32. The summed E-state index contributed by atoms with van der Waals surface area (Å²) in [6.45, 7) is 2.02. The first-order chi connectivity index (χ1) is 9.36. The van der Waals surface area contributed by atoms with Crippen LogP contribution in [0.15, 0.2) is 29.2 Å². The Balaban J connectivity index is 1.99. The van der Waals surface area contributed by atoms with E-state index in [1.807, 2.05) is 13.0 Å². The summed E-state index contributed by atoms with van der Waals surface area (Å²) < 4.78 is 50.3. The van der Waals surface area contributed by atoms with Crippen molar-refractivity contribution in [1.82, 2.24) is 4.31 Å². The first kappa shape index (κ1) is 14.0. The predicted octanol–water partition coefficient (Wildman–Crippen LogP) is 0.809. The minimum atomic E-state index is -3.59. The van der Waals surface area contributed by atoms with Crippen molar-refractivity contribution in [3.8, 4) is 0 Å². The first-order valence-electron chi connectivity index (χ1n) is 6.67. The number of rotatable bonds is 3. The number of fused-ring (bicyclic) bond motifs is 2. The van der Waals surface area contributed by atoms with Gasteiger partial charge in [-0.15, -0.1) is 0 Å². The van der Waals surface area contributed by atoms with E-state index in [4.69, 9.17) is 0 Å². The highest BCUT2D eigenvalue weighted by Gasteiger charge is 2.52. The summed E-state index contributed by atoms with van der Waals surface area (Å²) in [7, 11) is -6.68. The first-order valence-corrected chi connectivity index (χ1v) is 9.83. The van der Waals surface area contributed by atoms with Crippen LogP contribution in [0.1, 0.15) is 18.9 Å². The van der Waals surface area contributed by atoms with Gasteiger partial charge in [0.2, 0.25) is 10.0 Å². The summed E-state index contributed by atoms with van der Waals surface area (Å²) in [4.78, 5) is 0.312. The Labute approximate surface area is 119 Å². The lowest BCUT2D eigenvalue weighted by Crippen LogP contribution is -2.44. The van der Waals surface area contributed by atoms with Gasteiger partial charge in [0.1, 0.15) is 0 Å². The zero-order valence-corrected chi connectivity index (χ0v) is 12.8. The minimum Gasteiger partial charge on any atom is -0.228 e. The predicted molar refractivity (Wildman–Crippen MR) is 75.7 cm³/mol. The fraction of sp³-hybridized carbons (Fsp3) is 0.538. The SMILES string of the molecule is CCc1ccccc1S(=O)(=O)N1C[C@H]2C[C@H]1CS2(=O)=O. The molecule has 2 aliphatic heterocycles. The second-order valence-corrected chi connectivity index (χ2v) is 9.56. The number of benzene rings is 1.